The Kier molecular flexibility index (Phi) is 4.13. The summed E-state index contributed by atoms with van der Waals surface area (Å²) in [6.07, 6.45) is 4.46. The van der Waals surface area contributed by atoms with Crippen LogP contribution in [-0.2, 0) is 20.5 Å². The van der Waals surface area contributed by atoms with Crippen LogP contribution in [0.25, 0.3) is 22.0 Å². The molecule has 0 unspecified atom stereocenters. The third-order valence-corrected chi connectivity index (χ3v) is 4.98. The smallest absolute Gasteiger partial charge is 0.251 e. The predicted molar refractivity (Wildman–Crippen MR) is 106 cm³/mol. The maximum atomic E-state index is 12.4. The first-order chi connectivity index (χ1) is 12.5. The van der Waals surface area contributed by atoms with E-state index < -0.39 is 0 Å². The predicted octanol–water partition coefficient (Wildman–Crippen LogP) is 4.18. The fourth-order valence-electron chi connectivity index (χ4n) is 3.28. The summed E-state index contributed by atoms with van der Waals surface area (Å²) in [6, 6.07) is 15.5. The molecule has 0 spiro atoms. The van der Waals surface area contributed by atoms with Gasteiger partial charge in [0.05, 0.1) is 11.8 Å². The quantitative estimate of drug-likeness (QED) is 0.547. The van der Waals surface area contributed by atoms with Gasteiger partial charge in [-0.3, -0.25) is 4.79 Å². The van der Waals surface area contributed by atoms with Crippen molar-refractivity contribution in [2.24, 2.45) is 14.1 Å². The molecular weight excluding hydrogens is 346 g/mol. The Balaban J connectivity index is 1.93. The first-order valence-electron chi connectivity index (χ1n) is 8.37. The molecule has 0 aliphatic rings. The Labute approximate surface area is 156 Å². The molecule has 0 amide bonds. The molecule has 4 rings (SSSR count). The summed E-state index contributed by atoms with van der Waals surface area (Å²) in [5.74, 6) is 0. The Morgan fingerprint density at radius 1 is 1.08 bits per heavy atom. The Hall–Kier alpha value is -2.85. The SMILES string of the molecule is Cn1cncc1Cc1ccc2c(c1)c(-c1cccc(Cl)c1)cc(=O)n2C. The molecular formula is C21H18ClN3O. The molecule has 0 radical (unpaired) electrons. The van der Waals surface area contributed by atoms with Crippen molar-refractivity contribution in [2.45, 2.75) is 6.42 Å². The van der Waals surface area contributed by atoms with Gasteiger partial charge in [-0.2, -0.15) is 0 Å². The van der Waals surface area contributed by atoms with Crippen molar-refractivity contribution in [2.75, 3.05) is 0 Å². The maximum absolute atomic E-state index is 12.4. The molecule has 0 aliphatic carbocycles. The Morgan fingerprint density at radius 3 is 2.65 bits per heavy atom. The molecule has 0 saturated heterocycles. The maximum Gasteiger partial charge on any atom is 0.251 e. The number of rotatable bonds is 3. The van der Waals surface area contributed by atoms with Crippen LogP contribution in [0.3, 0.4) is 0 Å². The summed E-state index contributed by atoms with van der Waals surface area (Å²) < 4.78 is 3.69. The van der Waals surface area contributed by atoms with Gasteiger partial charge in [-0.1, -0.05) is 29.8 Å². The van der Waals surface area contributed by atoms with Crippen molar-refractivity contribution in [1.82, 2.24) is 14.1 Å². The van der Waals surface area contributed by atoms with E-state index in [1.165, 1.54) is 5.56 Å². The molecule has 0 N–H and O–H groups in total. The lowest BCUT2D eigenvalue weighted by molar-refractivity contribution is 0.845. The van der Waals surface area contributed by atoms with Crippen LogP contribution < -0.4 is 5.56 Å². The highest BCUT2D eigenvalue weighted by Crippen LogP contribution is 2.30. The minimum absolute atomic E-state index is 0.0353. The largest absolute Gasteiger partial charge is 0.337 e. The lowest BCUT2D eigenvalue weighted by Gasteiger charge is -2.13. The third-order valence-electron chi connectivity index (χ3n) is 4.75. The molecule has 2 heterocycles. The van der Waals surface area contributed by atoms with Crippen molar-refractivity contribution in [3.8, 4) is 11.1 Å². The molecule has 2 aromatic heterocycles. The number of halogens is 1. The monoisotopic (exact) mass is 363 g/mol. The number of fused-ring (bicyclic) bond motifs is 1. The second-order valence-electron chi connectivity index (χ2n) is 6.49. The van der Waals surface area contributed by atoms with E-state index in [1.54, 1.807) is 24.0 Å². The molecule has 26 heavy (non-hydrogen) atoms. The summed E-state index contributed by atoms with van der Waals surface area (Å²) in [7, 11) is 3.79. The minimum atomic E-state index is -0.0353. The van der Waals surface area contributed by atoms with E-state index in [0.29, 0.717) is 5.02 Å². The van der Waals surface area contributed by atoms with Crippen LogP contribution >= 0.6 is 11.6 Å². The van der Waals surface area contributed by atoms with E-state index in [0.717, 1.165) is 34.1 Å². The van der Waals surface area contributed by atoms with E-state index >= 15 is 0 Å². The highest BCUT2D eigenvalue weighted by atomic mass is 35.5. The topological polar surface area (TPSA) is 39.8 Å². The van der Waals surface area contributed by atoms with Gasteiger partial charge in [0.15, 0.2) is 0 Å². The average molecular weight is 364 g/mol. The number of pyridine rings is 1. The van der Waals surface area contributed by atoms with Gasteiger partial charge >= 0.3 is 0 Å². The fourth-order valence-corrected chi connectivity index (χ4v) is 3.47. The second kappa shape index (κ2) is 6.46. The van der Waals surface area contributed by atoms with Crippen LogP contribution in [0.4, 0.5) is 0 Å². The number of hydrogen-bond acceptors (Lipinski definition) is 2. The number of aromatic nitrogens is 3. The van der Waals surface area contributed by atoms with Gasteiger partial charge in [-0.25, -0.2) is 4.98 Å². The van der Waals surface area contributed by atoms with Crippen LogP contribution in [0.1, 0.15) is 11.3 Å². The minimum Gasteiger partial charge on any atom is -0.337 e. The van der Waals surface area contributed by atoms with Gasteiger partial charge in [0.25, 0.3) is 5.56 Å². The van der Waals surface area contributed by atoms with Gasteiger partial charge < -0.3 is 9.13 Å². The zero-order valence-corrected chi connectivity index (χ0v) is 15.4. The molecule has 130 valence electrons. The summed E-state index contributed by atoms with van der Waals surface area (Å²) in [5.41, 5.74) is 5.02. The molecule has 5 heteroatoms. The number of imidazole rings is 1. The van der Waals surface area contributed by atoms with Gasteiger partial charge in [0, 0.05) is 48.9 Å². The normalized spacial score (nSPS) is 11.2. The highest BCUT2D eigenvalue weighted by molar-refractivity contribution is 6.30. The molecule has 4 aromatic rings. The third kappa shape index (κ3) is 2.93. The van der Waals surface area contributed by atoms with Gasteiger partial charge in [-0.15, -0.1) is 0 Å². The first-order valence-corrected chi connectivity index (χ1v) is 8.74. The van der Waals surface area contributed by atoms with Crippen molar-refractivity contribution < 1.29 is 0 Å². The number of benzene rings is 2. The lowest BCUT2D eigenvalue weighted by Crippen LogP contribution is -2.16. The van der Waals surface area contributed by atoms with Crippen molar-refractivity contribution in [1.29, 1.82) is 0 Å². The Bertz CT molecular complexity index is 1170. The van der Waals surface area contributed by atoms with Crippen molar-refractivity contribution in [3.63, 3.8) is 0 Å². The van der Waals surface area contributed by atoms with Crippen LogP contribution in [0.2, 0.25) is 5.02 Å². The molecule has 2 aromatic carbocycles. The van der Waals surface area contributed by atoms with Gasteiger partial charge in [0.2, 0.25) is 0 Å². The van der Waals surface area contributed by atoms with E-state index in [1.807, 2.05) is 48.1 Å². The van der Waals surface area contributed by atoms with Crippen LogP contribution in [0, 0.1) is 0 Å². The van der Waals surface area contributed by atoms with Crippen molar-refractivity contribution >= 4 is 22.5 Å². The molecule has 0 aliphatic heterocycles. The van der Waals surface area contributed by atoms with Gasteiger partial charge in [0.1, 0.15) is 0 Å². The Morgan fingerprint density at radius 2 is 1.92 bits per heavy atom. The van der Waals surface area contributed by atoms with Gasteiger partial charge in [-0.05, 0) is 41.0 Å². The summed E-state index contributed by atoms with van der Waals surface area (Å²) in [5, 5.41) is 1.69. The summed E-state index contributed by atoms with van der Waals surface area (Å²) >= 11 is 6.17. The van der Waals surface area contributed by atoms with Crippen molar-refractivity contribution in [3.05, 3.63) is 87.7 Å². The van der Waals surface area contributed by atoms with E-state index in [2.05, 4.69) is 17.1 Å². The van der Waals surface area contributed by atoms with E-state index in [4.69, 9.17) is 11.6 Å². The number of aryl methyl sites for hydroxylation is 2. The molecule has 0 fully saturated rings. The highest BCUT2D eigenvalue weighted by Gasteiger charge is 2.11. The summed E-state index contributed by atoms with van der Waals surface area (Å²) in [4.78, 5) is 16.6. The molecule has 4 nitrogen and oxygen atoms in total. The zero-order chi connectivity index (χ0) is 18.3. The molecule has 0 bridgehead atoms. The fraction of sp³-hybridized carbons (Fsp3) is 0.143. The van der Waals surface area contributed by atoms with Crippen LogP contribution in [0.5, 0.6) is 0 Å². The van der Waals surface area contributed by atoms with Crippen LogP contribution in [0.15, 0.2) is 65.8 Å². The lowest BCUT2D eigenvalue weighted by atomic mass is 9.98. The standard InChI is InChI=1S/C21H18ClN3O/c1-24-13-23-12-17(24)8-14-6-7-20-19(9-14)18(11-21(26)25(20)2)15-4-3-5-16(22)10-15/h3-7,9-13H,8H2,1-2H3. The first kappa shape index (κ1) is 16.6. The van der Waals surface area contributed by atoms with Crippen LogP contribution in [-0.4, -0.2) is 14.1 Å². The number of hydrogen-bond donors (Lipinski definition) is 0. The summed E-state index contributed by atoms with van der Waals surface area (Å²) in [6.45, 7) is 0. The second-order valence-corrected chi connectivity index (χ2v) is 6.93. The molecule has 0 atom stereocenters. The van der Waals surface area contributed by atoms with E-state index in [-0.39, 0.29) is 5.56 Å². The molecule has 0 saturated carbocycles. The zero-order valence-electron chi connectivity index (χ0n) is 14.6. The average Bonchev–Trinajstić information content (AvgIpc) is 3.03. The van der Waals surface area contributed by atoms with E-state index in [9.17, 15) is 4.79 Å². The number of nitrogens with zero attached hydrogens (tertiary/aromatic N) is 3.